The van der Waals surface area contributed by atoms with Crippen molar-refractivity contribution in [3.8, 4) is 0 Å². The highest BCUT2D eigenvalue weighted by Gasteiger charge is 2.27. The van der Waals surface area contributed by atoms with E-state index in [1.54, 1.807) is 0 Å². The second kappa shape index (κ2) is 6.17. The van der Waals surface area contributed by atoms with Gasteiger partial charge in [-0.05, 0) is 35.5 Å². The van der Waals surface area contributed by atoms with Crippen LogP contribution in [0, 0.1) is 0 Å². The van der Waals surface area contributed by atoms with Gasteiger partial charge in [-0.2, -0.15) is 0 Å². The van der Waals surface area contributed by atoms with E-state index in [1.165, 1.54) is 29.0 Å². The van der Waals surface area contributed by atoms with Gasteiger partial charge in [0, 0.05) is 11.4 Å². The Morgan fingerprint density at radius 3 is 2.78 bits per heavy atom. The fourth-order valence-electron chi connectivity index (χ4n) is 2.74. The van der Waals surface area contributed by atoms with Gasteiger partial charge in [0.15, 0.2) is 0 Å². The highest BCUT2D eigenvalue weighted by atomic mass is 127. The van der Waals surface area contributed by atoms with Gasteiger partial charge >= 0.3 is 0 Å². The predicted octanol–water partition coefficient (Wildman–Crippen LogP) is 4.33. The first kappa shape index (κ1) is 14.0. The number of thiophene rings is 1. The summed E-state index contributed by atoms with van der Waals surface area (Å²) < 4.78 is 0. The van der Waals surface area contributed by atoms with Gasteiger partial charge in [-0.25, -0.2) is 0 Å². The standard InChI is InChI=1S/C15H17NS.HI/c1-2-16-10-9-12-6-3-4-7-13(12)15(16)14-8-5-11-17-14;/h3-8,11,15H,2,9-10H2,1H3;1H. The second-order valence-electron chi connectivity index (χ2n) is 4.50. The molecule has 0 saturated carbocycles. The summed E-state index contributed by atoms with van der Waals surface area (Å²) >= 11 is 1.87. The summed E-state index contributed by atoms with van der Waals surface area (Å²) in [4.78, 5) is 4.05. The lowest BCUT2D eigenvalue weighted by Gasteiger charge is -2.36. The Labute approximate surface area is 130 Å². The van der Waals surface area contributed by atoms with Crippen LogP contribution >= 0.6 is 35.3 Å². The predicted molar refractivity (Wildman–Crippen MR) is 89.0 cm³/mol. The minimum atomic E-state index is 0. The van der Waals surface area contributed by atoms with Crippen molar-refractivity contribution in [2.75, 3.05) is 13.1 Å². The third kappa shape index (κ3) is 2.49. The van der Waals surface area contributed by atoms with Crippen LogP contribution in [-0.2, 0) is 6.42 Å². The molecule has 0 spiro atoms. The van der Waals surface area contributed by atoms with Crippen molar-refractivity contribution in [2.45, 2.75) is 19.4 Å². The van der Waals surface area contributed by atoms with Gasteiger partial charge in [-0.15, -0.1) is 35.3 Å². The molecular weight excluding hydrogens is 353 g/mol. The molecule has 1 aliphatic heterocycles. The van der Waals surface area contributed by atoms with Crippen LogP contribution in [0.25, 0.3) is 0 Å². The zero-order valence-electron chi connectivity index (χ0n) is 10.5. The molecule has 2 heterocycles. The van der Waals surface area contributed by atoms with Crippen LogP contribution < -0.4 is 0 Å². The van der Waals surface area contributed by atoms with Crippen molar-refractivity contribution < 1.29 is 0 Å². The van der Waals surface area contributed by atoms with Crippen molar-refractivity contribution >= 4 is 35.3 Å². The second-order valence-corrected chi connectivity index (χ2v) is 5.47. The molecular formula is C15H18INS. The molecule has 1 nitrogen and oxygen atoms in total. The molecule has 1 atom stereocenters. The summed E-state index contributed by atoms with van der Waals surface area (Å²) in [6.45, 7) is 4.56. The largest absolute Gasteiger partial charge is 0.292 e. The van der Waals surface area contributed by atoms with Gasteiger partial charge in [0.25, 0.3) is 0 Å². The van der Waals surface area contributed by atoms with Gasteiger partial charge in [-0.1, -0.05) is 37.3 Å². The van der Waals surface area contributed by atoms with E-state index in [0.717, 1.165) is 6.54 Å². The Kier molecular flexibility index (Phi) is 4.81. The lowest BCUT2D eigenvalue weighted by molar-refractivity contribution is 0.228. The van der Waals surface area contributed by atoms with Crippen molar-refractivity contribution in [3.63, 3.8) is 0 Å². The Hall–Kier alpha value is -0.390. The molecule has 1 aromatic carbocycles. The molecule has 2 aromatic rings. The molecule has 0 amide bonds. The molecule has 0 saturated heterocycles. The number of hydrogen-bond acceptors (Lipinski definition) is 2. The summed E-state index contributed by atoms with van der Waals surface area (Å²) in [5.41, 5.74) is 3.03. The van der Waals surface area contributed by atoms with Gasteiger partial charge in [0.2, 0.25) is 0 Å². The highest BCUT2D eigenvalue weighted by Crippen LogP contribution is 2.36. The van der Waals surface area contributed by atoms with Gasteiger partial charge in [0.1, 0.15) is 0 Å². The average Bonchev–Trinajstić information content (AvgIpc) is 2.91. The lowest BCUT2D eigenvalue weighted by Crippen LogP contribution is -2.35. The number of likely N-dealkylation sites (N-methyl/N-ethyl adjacent to an activating group) is 1. The zero-order chi connectivity index (χ0) is 11.7. The van der Waals surface area contributed by atoms with Crippen LogP contribution in [-0.4, -0.2) is 18.0 Å². The van der Waals surface area contributed by atoms with E-state index in [0.29, 0.717) is 6.04 Å². The van der Waals surface area contributed by atoms with Crippen LogP contribution in [0.4, 0.5) is 0 Å². The minimum absolute atomic E-state index is 0. The highest BCUT2D eigenvalue weighted by molar-refractivity contribution is 14.0. The SMILES string of the molecule is CCN1CCc2ccccc2C1c1cccs1.I. The molecule has 1 aliphatic rings. The molecule has 0 aliphatic carbocycles. The number of halogens is 1. The first-order valence-electron chi connectivity index (χ1n) is 6.25. The summed E-state index contributed by atoms with van der Waals surface area (Å²) in [7, 11) is 0. The average molecular weight is 371 g/mol. The Morgan fingerprint density at radius 1 is 1.22 bits per heavy atom. The zero-order valence-corrected chi connectivity index (χ0v) is 13.7. The Balaban J connectivity index is 0.00000120. The molecule has 96 valence electrons. The Bertz CT molecular complexity index is 495. The minimum Gasteiger partial charge on any atom is -0.292 e. The number of benzene rings is 1. The third-order valence-electron chi connectivity index (χ3n) is 3.60. The number of rotatable bonds is 2. The van der Waals surface area contributed by atoms with Crippen molar-refractivity contribution in [1.29, 1.82) is 0 Å². The molecule has 3 heteroatoms. The molecule has 1 unspecified atom stereocenters. The maximum absolute atomic E-state index is 2.58. The fraction of sp³-hybridized carbons (Fsp3) is 0.333. The van der Waals surface area contributed by atoms with Crippen molar-refractivity contribution in [3.05, 3.63) is 57.8 Å². The lowest BCUT2D eigenvalue weighted by atomic mass is 9.92. The van der Waals surface area contributed by atoms with Crippen LogP contribution in [0.2, 0.25) is 0 Å². The van der Waals surface area contributed by atoms with Crippen LogP contribution in [0.1, 0.15) is 29.0 Å². The Morgan fingerprint density at radius 2 is 2.06 bits per heavy atom. The van der Waals surface area contributed by atoms with E-state index in [2.05, 4.69) is 53.6 Å². The third-order valence-corrected chi connectivity index (χ3v) is 4.53. The number of hydrogen-bond donors (Lipinski definition) is 0. The van der Waals surface area contributed by atoms with Crippen molar-refractivity contribution in [2.24, 2.45) is 0 Å². The fourth-order valence-corrected chi connectivity index (χ4v) is 3.62. The summed E-state index contributed by atoms with van der Waals surface area (Å²) in [5, 5.41) is 2.18. The molecule has 3 rings (SSSR count). The molecule has 0 bridgehead atoms. The van der Waals surface area contributed by atoms with E-state index >= 15 is 0 Å². The molecule has 0 fully saturated rings. The molecule has 0 N–H and O–H groups in total. The monoisotopic (exact) mass is 371 g/mol. The summed E-state index contributed by atoms with van der Waals surface area (Å²) in [5.74, 6) is 0. The van der Waals surface area contributed by atoms with E-state index in [9.17, 15) is 0 Å². The van der Waals surface area contributed by atoms with E-state index in [-0.39, 0.29) is 24.0 Å². The van der Waals surface area contributed by atoms with Gasteiger partial charge < -0.3 is 0 Å². The van der Waals surface area contributed by atoms with E-state index in [1.807, 2.05) is 11.3 Å². The molecule has 0 radical (unpaired) electrons. The number of nitrogens with zero attached hydrogens (tertiary/aromatic N) is 1. The molecule has 18 heavy (non-hydrogen) atoms. The van der Waals surface area contributed by atoms with E-state index in [4.69, 9.17) is 0 Å². The first-order chi connectivity index (χ1) is 8.40. The quantitative estimate of drug-likeness (QED) is 0.711. The van der Waals surface area contributed by atoms with Crippen LogP contribution in [0.3, 0.4) is 0 Å². The van der Waals surface area contributed by atoms with E-state index < -0.39 is 0 Å². The van der Waals surface area contributed by atoms with Gasteiger partial charge in [0.05, 0.1) is 6.04 Å². The number of fused-ring (bicyclic) bond motifs is 1. The molecule has 1 aromatic heterocycles. The maximum Gasteiger partial charge on any atom is 0.0698 e. The van der Waals surface area contributed by atoms with Gasteiger partial charge in [-0.3, -0.25) is 4.90 Å². The normalized spacial score (nSPS) is 19.1. The van der Waals surface area contributed by atoms with Crippen molar-refractivity contribution in [1.82, 2.24) is 4.90 Å². The van der Waals surface area contributed by atoms with Crippen LogP contribution in [0.5, 0.6) is 0 Å². The topological polar surface area (TPSA) is 3.24 Å². The summed E-state index contributed by atoms with van der Waals surface area (Å²) in [6, 6.07) is 13.8. The maximum atomic E-state index is 2.58. The van der Waals surface area contributed by atoms with Crippen LogP contribution in [0.15, 0.2) is 41.8 Å². The smallest absolute Gasteiger partial charge is 0.0698 e. The first-order valence-corrected chi connectivity index (χ1v) is 7.13. The summed E-state index contributed by atoms with van der Waals surface area (Å²) in [6.07, 6.45) is 1.19.